The Kier molecular flexibility index (Phi) is 3.53. The summed E-state index contributed by atoms with van der Waals surface area (Å²) in [4.78, 5) is 12.4. The Balaban J connectivity index is 1.85. The van der Waals surface area contributed by atoms with Crippen LogP contribution in [0.25, 0.3) is 28.2 Å². The number of allylic oxidation sites excluding steroid dienone is 1. The van der Waals surface area contributed by atoms with Crippen LogP contribution in [0.3, 0.4) is 0 Å². The fourth-order valence-corrected chi connectivity index (χ4v) is 3.30. The molecule has 0 N–H and O–H groups in total. The van der Waals surface area contributed by atoms with Gasteiger partial charge in [-0.3, -0.25) is 0 Å². The van der Waals surface area contributed by atoms with E-state index < -0.39 is 5.60 Å². The van der Waals surface area contributed by atoms with Gasteiger partial charge in [0.05, 0.1) is 5.56 Å². The standard InChI is InChI=1S/C22H21NO2/c1-22(2,3)25-21(24)17-11-10-16-13-20-18-9-5-4-7-15(18)8-6-12-23(20)19(16)14-17/h4-11,13-14H,12H2,1-3H3. The molecule has 0 atom stereocenters. The second-order valence-corrected chi connectivity index (χ2v) is 7.41. The van der Waals surface area contributed by atoms with Gasteiger partial charge in [-0.1, -0.05) is 42.5 Å². The summed E-state index contributed by atoms with van der Waals surface area (Å²) in [5, 5.41) is 1.13. The molecule has 0 radical (unpaired) electrons. The molecule has 0 saturated heterocycles. The Morgan fingerprint density at radius 1 is 1.08 bits per heavy atom. The lowest BCUT2D eigenvalue weighted by molar-refractivity contribution is 0.00697. The molecule has 0 saturated carbocycles. The summed E-state index contributed by atoms with van der Waals surface area (Å²) in [6.45, 7) is 6.43. The molecule has 0 fully saturated rings. The summed E-state index contributed by atoms with van der Waals surface area (Å²) in [5.74, 6) is -0.283. The summed E-state index contributed by atoms with van der Waals surface area (Å²) < 4.78 is 7.77. The van der Waals surface area contributed by atoms with E-state index in [0.717, 1.165) is 17.4 Å². The second kappa shape index (κ2) is 5.62. The van der Waals surface area contributed by atoms with E-state index in [4.69, 9.17) is 4.74 Å². The molecule has 2 aromatic carbocycles. The number of carbonyl (C=O) groups is 1. The maximum absolute atomic E-state index is 12.4. The average molecular weight is 331 g/mol. The van der Waals surface area contributed by atoms with Crippen molar-refractivity contribution in [2.45, 2.75) is 32.9 Å². The first-order valence-electron chi connectivity index (χ1n) is 8.55. The van der Waals surface area contributed by atoms with Gasteiger partial charge in [0.2, 0.25) is 0 Å². The summed E-state index contributed by atoms with van der Waals surface area (Å²) in [5.41, 5.74) is 4.76. The third-order valence-corrected chi connectivity index (χ3v) is 4.36. The van der Waals surface area contributed by atoms with Gasteiger partial charge in [0.15, 0.2) is 0 Å². The van der Waals surface area contributed by atoms with Crippen molar-refractivity contribution in [3.63, 3.8) is 0 Å². The van der Waals surface area contributed by atoms with Gasteiger partial charge >= 0.3 is 5.97 Å². The monoisotopic (exact) mass is 331 g/mol. The van der Waals surface area contributed by atoms with Crippen molar-refractivity contribution in [2.24, 2.45) is 0 Å². The van der Waals surface area contributed by atoms with Crippen molar-refractivity contribution in [1.82, 2.24) is 4.57 Å². The number of aromatic nitrogens is 1. The molecule has 3 heteroatoms. The minimum atomic E-state index is -0.496. The lowest BCUT2D eigenvalue weighted by Gasteiger charge is -2.19. The molecule has 126 valence electrons. The largest absolute Gasteiger partial charge is 0.456 e. The fourth-order valence-electron chi connectivity index (χ4n) is 3.30. The molecule has 1 aliphatic rings. The zero-order chi connectivity index (χ0) is 17.6. The van der Waals surface area contributed by atoms with Gasteiger partial charge < -0.3 is 9.30 Å². The van der Waals surface area contributed by atoms with E-state index in [1.165, 1.54) is 16.8 Å². The summed E-state index contributed by atoms with van der Waals surface area (Å²) >= 11 is 0. The first kappa shape index (κ1) is 15.7. The molecule has 25 heavy (non-hydrogen) atoms. The summed E-state index contributed by atoms with van der Waals surface area (Å²) in [7, 11) is 0. The molecule has 3 aromatic rings. The van der Waals surface area contributed by atoms with Crippen molar-refractivity contribution in [2.75, 3.05) is 0 Å². The number of ether oxygens (including phenoxy) is 1. The molecule has 1 aromatic heterocycles. The second-order valence-electron chi connectivity index (χ2n) is 7.41. The highest BCUT2D eigenvalue weighted by Gasteiger charge is 2.20. The molecule has 2 heterocycles. The topological polar surface area (TPSA) is 31.2 Å². The number of nitrogens with zero attached hydrogens (tertiary/aromatic N) is 1. The van der Waals surface area contributed by atoms with Crippen LogP contribution >= 0.6 is 0 Å². The number of hydrogen-bond acceptors (Lipinski definition) is 2. The van der Waals surface area contributed by atoms with E-state index in [0.29, 0.717) is 5.56 Å². The Labute approximate surface area is 147 Å². The summed E-state index contributed by atoms with van der Waals surface area (Å²) in [6, 6.07) is 16.4. The molecule has 0 amide bonds. The fraction of sp³-hybridized carbons (Fsp3) is 0.227. The molecule has 1 aliphatic heterocycles. The third kappa shape index (κ3) is 2.86. The zero-order valence-corrected chi connectivity index (χ0v) is 14.7. The molecular formula is C22H21NO2. The molecule has 3 nitrogen and oxygen atoms in total. The lowest BCUT2D eigenvalue weighted by atomic mass is 10.0. The van der Waals surface area contributed by atoms with Crippen molar-refractivity contribution >= 4 is 22.9 Å². The van der Waals surface area contributed by atoms with Crippen LogP contribution in [0.2, 0.25) is 0 Å². The minimum Gasteiger partial charge on any atom is -0.456 e. The average Bonchev–Trinajstić information content (AvgIpc) is 2.81. The molecule has 0 bridgehead atoms. The van der Waals surface area contributed by atoms with Gasteiger partial charge in [-0.2, -0.15) is 0 Å². The Morgan fingerprint density at radius 3 is 2.68 bits per heavy atom. The van der Waals surface area contributed by atoms with Crippen molar-refractivity contribution in [3.8, 4) is 11.3 Å². The van der Waals surface area contributed by atoms with Crippen molar-refractivity contribution < 1.29 is 9.53 Å². The highest BCUT2D eigenvalue weighted by atomic mass is 16.6. The Morgan fingerprint density at radius 2 is 1.88 bits per heavy atom. The Bertz CT molecular complexity index is 1000. The van der Waals surface area contributed by atoms with Gasteiger partial charge in [0, 0.05) is 28.7 Å². The van der Waals surface area contributed by atoms with Crippen molar-refractivity contribution in [3.05, 3.63) is 65.7 Å². The maximum Gasteiger partial charge on any atom is 0.338 e. The predicted octanol–water partition coefficient (Wildman–Crippen LogP) is 5.29. The minimum absolute atomic E-state index is 0.283. The molecule has 0 unspecified atom stereocenters. The van der Waals surface area contributed by atoms with Crippen LogP contribution in [0, 0.1) is 0 Å². The van der Waals surface area contributed by atoms with Crippen LogP contribution in [0.1, 0.15) is 36.7 Å². The number of esters is 1. The van der Waals surface area contributed by atoms with Crippen LogP contribution in [0.15, 0.2) is 54.6 Å². The van der Waals surface area contributed by atoms with Crippen molar-refractivity contribution in [1.29, 1.82) is 0 Å². The number of benzene rings is 2. The zero-order valence-electron chi connectivity index (χ0n) is 14.7. The van der Waals surface area contributed by atoms with E-state index in [9.17, 15) is 4.79 Å². The summed E-state index contributed by atoms with van der Waals surface area (Å²) in [6.07, 6.45) is 4.32. The van der Waals surface area contributed by atoms with Gasteiger partial charge in [-0.15, -0.1) is 0 Å². The first-order chi connectivity index (χ1) is 11.9. The van der Waals surface area contributed by atoms with Gasteiger partial charge in [-0.25, -0.2) is 4.79 Å². The Hall–Kier alpha value is -2.81. The molecular weight excluding hydrogens is 310 g/mol. The molecule has 0 aliphatic carbocycles. The third-order valence-electron chi connectivity index (χ3n) is 4.36. The normalized spacial score (nSPS) is 13.2. The smallest absolute Gasteiger partial charge is 0.338 e. The predicted molar refractivity (Wildman–Crippen MR) is 102 cm³/mol. The molecule has 0 spiro atoms. The van der Waals surface area contributed by atoms with Crippen LogP contribution < -0.4 is 0 Å². The lowest BCUT2D eigenvalue weighted by Crippen LogP contribution is -2.23. The van der Waals surface area contributed by atoms with E-state index in [-0.39, 0.29) is 5.97 Å². The highest BCUT2D eigenvalue weighted by Crippen LogP contribution is 2.33. The number of rotatable bonds is 1. The van der Waals surface area contributed by atoms with Crippen LogP contribution in [0.5, 0.6) is 0 Å². The molecule has 4 rings (SSSR count). The van der Waals surface area contributed by atoms with E-state index >= 15 is 0 Å². The van der Waals surface area contributed by atoms with E-state index in [1.807, 2.05) is 39.0 Å². The van der Waals surface area contributed by atoms with Gasteiger partial charge in [0.25, 0.3) is 0 Å². The van der Waals surface area contributed by atoms with Gasteiger partial charge in [-0.05, 0) is 44.5 Å². The van der Waals surface area contributed by atoms with E-state index in [1.54, 1.807) is 0 Å². The van der Waals surface area contributed by atoms with Crippen LogP contribution in [0.4, 0.5) is 0 Å². The quantitative estimate of drug-likeness (QED) is 0.567. The number of carbonyl (C=O) groups excluding carboxylic acids is 1. The van der Waals surface area contributed by atoms with Crippen LogP contribution in [-0.4, -0.2) is 16.1 Å². The van der Waals surface area contributed by atoms with E-state index in [2.05, 4.69) is 47.1 Å². The first-order valence-corrected chi connectivity index (χ1v) is 8.55. The van der Waals surface area contributed by atoms with Crippen LogP contribution in [-0.2, 0) is 11.3 Å². The number of hydrogen-bond donors (Lipinski definition) is 0. The van der Waals surface area contributed by atoms with Gasteiger partial charge in [0.1, 0.15) is 5.60 Å². The SMILES string of the molecule is CC(C)(C)OC(=O)c1ccc2cc3n(c2c1)CC=Cc1ccccc1-3. The number of fused-ring (bicyclic) bond motifs is 5. The highest BCUT2D eigenvalue weighted by molar-refractivity contribution is 5.97. The maximum atomic E-state index is 12.4.